The Bertz CT molecular complexity index is 862. The van der Waals surface area contributed by atoms with Gasteiger partial charge in [0.25, 0.3) is 0 Å². The predicted molar refractivity (Wildman–Crippen MR) is 112 cm³/mol. The van der Waals surface area contributed by atoms with Gasteiger partial charge in [-0.25, -0.2) is 19.9 Å². The molecular weight excluding hydrogens is 366 g/mol. The van der Waals surface area contributed by atoms with Crippen LogP contribution in [0.2, 0.25) is 0 Å². The molecule has 2 aromatic heterocycles. The van der Waals surface area contributed by atoms with Crippen molar-refractivity contribution in [3.63, 3.8) is 0 Å². The minimum absolute atomic E-state index is 0.512. The molecule has 8 nitrogen and oxygen atoms in total. The molecule has 1 aliphatic carbocycles. The molecule has 0 unspecified atom stereocenters. The van der Waals surface area contributed by atoms with Crippen LogP contribution in [-0.2, 0) is 17.8 Å². The highest BCUT2D eigenvalue weighted by Gasteiger charge is 2.37. The van der Waals surface area contributed by atoms with Crippen LogP contribution in [0, 0.1) is 0 Å². The Hall–Kier alpha value is -2.48. The van der Waals surface area contributed by atoms with Gasteiger partial charge in [0.1, 0.15) is 30.1 Å². The van der Waals surface area contributed by atoms with E-state index in [2.05, 4.69) is 35.8 Å². The van der Waals surface area contributed by atoms with Crippen molar-refractivity contribution in [2.24, 2.45) is 0 Å². The lowest BCUT2D eigenvalue weighted by molar-refractivity contribution is 0.109. The lowest BCUT2D eigenvalue weighted by Crippen LogP contribution is -2.47. The van der Waals surface area contributed by atoms with Crippen molar-refractivity contribution in [2.75, 3.05) is 48.5 Å². The summed E-state index contributed by atoms with van der Waals surface area (Å²) in [6.45, 7) is 3.40. The molecule has 0 amide bonds. The molecule has 29 heavy (non-hydrogen) atoms. The summed E-state index contributed by atoms with van der Waals surface area (Å²) >= 11 is 0. The number of rotatable bonds is 5. The van der Waals surface area contributed by atoms with Crippen molar-refractivity contribution in [3.8, 4) is 0 Å². The standard InChI is InChI=1S/C21H29N7O/c1-26(2)19-11-20(24-14-23-19)28(15-3-4-15)16-5-8-27(9-6-16)21-17-12-29-10-7-18(17)22-13-25-21/h11,13-16H,3-10,12H2,1-2H3. The highest BCUT2D eigenvalue weighted by atomic mass is 16.5. The minimum Gasteiger partial charge on any atom is -0.376 e. The van der Waals surface area contributed by atoms with Crippen molar-refractivity contribution >= 4 is 17.5 Å². The van der Waals surface area contributed by atoms with Crippen LogP contribution < -0.4 is 14.7 Å². The first-order chi connectivity index (χ1) is 14.2. The van der Waals surface area contributed by atoms with Crippen molar-refractivity contribution in [2.45, 2.75) is 50.8 Å². The zero-order chi connectivity index (χ0) is 19.8. The minimum atomic E-state index is 0.512. The number of hydrogen-bond acceptors (Lipinski definition) is 8. The molecule has 0 radical (unpaired) electrons. The molecule has 5 rings (SSSR count). The van der Waals surface area contributed by atoms with Crippen LogP contribution in [0.25, 0.3) is 0 Å². The van der Waals surface area contributed by atoms with E-state index in [1.165, 1.54) is 18.4 Å². The van der Waals surface area contributed by atoms with E-state index in [-0.39, 0.29) is 0 Å². The average molecular weight is 396 g/mol. The first kappa shape index (κ1) is 18.5. The van der Waals surface area contributed by atoms with Crippen LogP contribution in [0.15, 0.2) is 18.7 Å². The maximum Gasteiger partial charge on any atom is 0.137 e. The quantitative estimate of drug-likeness (QED) is 0.762. The fraction of sp³-hybridized carbons (Fsp3) is 0.619. The average Bonchev–Trinajstić information content (AvgIpc) is 3.59. The SMILES string of the molecule is CN(C)c1cc(N(C2CC2)C2CCN(c3ncnc4c3COCC4)CC2)ncn1. The molecule has 154 valence electrons. The number of fused-ring (bicyclic) bond motifs is 1. The number of hydrogen-bond donors (Lipinski definition) is 0. The summed E-state index contributed by atoms with van der Waals surface area (Å²) in [6, 6.07) is 3.26. The van der Waals surface area contributed by atoms with E-state index < -0.39 is 0 Å². The van der Waals surface area contributed by atoms with Crippen LogP contribution in [0.4, 0.5) is 17.5 Å². The topological polar surface area (TPSA) is 70.5 Å². The predicted octanol–water partition coefficient (Wildman–Crippen LogP) is 2.04. The lowest BCUT2D eigenvalue weighted by atomic mass is 10.0. The Kier molecular flexibility index (Phi) is 4.95. The van der Waals surface area contributed by atoms with Gasteiger partial charge in [-0.05, 0) is 25.7 Å². The molecule has 3 aliphatic rings. The van der Waals surface area contributed by atoms with Crippen molar-refractivity contribution in [1.82, 2.24) is 19.9 Å². The molecular formula is C21H29N7O. The van der Waals surface area contributed by atoms with E-state index >= 15 is 0 Å². The fourth-order valence-corrected chi connectivity index (χ4v) is 4.52. The second kappa shape index (κ2) is 7.74. The van der Waals surface area contributed by atoms with Crippen molar-refractivity contribution < 1.29 is 4.74 Å². The van der Waals surface area contributed by atoms with Gasteiger partial charge in [0, 0.05) is 57.3 Å². The van der Waals surface area contributed by atoms with E-state index in [1.54, 1.807) is 12.7 Å². The summed E-state index contributed by atoms with van der Waals surface area (Å²) in [5.41, 5.74) is 2.34. The van der Waals surface area contributed by atoms with Crippen LogP contribution in [-0.4, -0.2) is 65.8 Å². The Morgan fingerprint density at radius 3 is 2.41 bits per heavy atom. The molecule has 4 heterocycles. The summed E-state index contributed by atoms with van der Waals surface area (Å²) in [4.78, 5) is 25.1. The Morgan fingerprint density at radius 2 is 1.66 bits per heavy atom. The Morgan fingerprint density at radius 1 is 0.931 bits per heavy atom. The van der Waals surface area contributed by atoms with Gasteiger partial charge in [-0.15, -0.1) is 0 Å². The highest BCUT2D eigenvalue weighted by Crippen LogP contribution is 2.37. The van der Waals surface area contributed by atoms with Gasteiger partial charge < -0.3 is 19.4 Å². The van der Waals surface area contributed by atoms with Gasteiger partial charge in [-0.1, -0.05) is 0 Å². The summed E-state index contributed by atoms with van der Waals surface area (Å²) in [5.74, 6) is 3.10. The molecule has 2 fully saturated rings. The molecule has 0 aromatic carbocycles. The molecule has 0 atom stereocenters. The third-order valence-corrected chi connectivity index (χ3v) is 6.20. The monoisotopic (exact) mass is 395 g/mol. The van der Waals surface area contributed by atoms with Crippen LogP contribution in [0.1, 0.15) is 36.9 Å². The molecule has 0 bridgehead atoms. The Balaban J connectivity index is 1.32. The van der Waals surface area contributed by atoms with E-state index in [0.29, 0.717) is 18.7 Å². The number of piperidine rings is 1. The molecule has 0 spiro atoms. The maximum atomic E-state index is 5.68. The van der Waals surface area contributed by atoms with Gasteiger partial charge >= 0.3 is 0 Å². The van der Waals surface area contributed by atoms with Crippen LogP contribution >= 0.6 is 0 Å². The zero-order valence-electron chi connectivity index (χ0n) is 17.3. The molecule has 2 aliphatic heterocycles. The van der Waals surface area contributed by atoms with E-state index in [0.717, 1.165) is 62.1 Å². The second-order valence-corrected chi connectivity index (χ2v) is 8.41. The summed E-state index contributed by atoms with van der Waals surface area (Å²) in [7, 11) is 4.05. The summed E-state index contributed by atoms with van der Waals surface area (Å²) in [5, 5.41) is 0. The van der Waals surface area contributed by atoms with Gasteiger partial charge in [0.15, 0.2) is 0 Å². The summed E-state index contributed by atoms with van der Waals surface area (Å²) in [6.07, 6.45) is 9.04. The highest BCUT2D eigenvalue weighted by molar-refractivity contribution is 5.53. The third kappa shape index (κ3) is 3.73. The van der Waals surface area contributed by atoms with Gasteiger partial charge in [-0.2, -0.15) is 0 Å². The normalized spacial score (nSPS) is 19.7. The van der Waals surface area contributed by atoms with E-state index in [4.69, 9.17) is 4.74 Å². The number of ether oxygens (including phenoxy) is 1. The van der Waals surface area contributed by atoms with Crippen molar-refractivity contribution in [1.29, 1.82) is 0 Å². The second-order valence-electron chi connectivity index (χ2n) is 8.41. The van der Waals surface area contributed by atoms with Gasteiger partial charge in [0.2, 0.25) is 0 Å². The third-order valence-electron chi connectivity index (χ3n) is 6.20. The lowest BCUT2D eigenvalue weighted by Gasteiger charge is -2.40. The number of nitrogens with zero attached hydrogens (tertiary/aromatic N) is 7. The number of anilines is 3. The zero-order valence-corrected chi connectivity index (χ0v) is 17.3. The largest absolute Gasteiger partial charge is 0.376 e. The Labute approximate surface area is 171 Å². The first-order valence-electron chi connectivity index (χ1n) is 10.6. The van der Waals surface area contributed by atoms with Gasteiger partial charge in [-0.3, -0.25) is 0 Å². The molecule has 1 saturated carbocycles. The smallest absolute Gasteiger partial charge is 0.137 e. The number of aromatic nitrogens is 4. The van der Waals surface area contributed by atoms with Crippen molar-refractivity contribution in [3.05, 3.63) is 30.0 Å². The van der Waals surface area contributed by atoms with Crippen LogP contribution in [0.5, 0.6) is 0 Å². The first-order valence-corrected chi connectivity index (χ1v) is 10.6. The molecule has 8 heteroatoms. The van der Waals surface area contributed by atoms with Crippen LogP contribution in [0.3, 0.4) is 0 Å². The molecule has 1 saturated heterocycles. The maximum absolute atomic E-state index is 5.68. The summed E-state index contributed by atoms with van der Waals surface area (Å²) < 4.78 is 5.68. The molecule has 0 N–H and O–H groups in total. The van der Waals surface area contributed by atoms with E-state index in [9.17, 15) is 0 Å². The van der Waals surface area contributed by atoms with E-state index in [1.807, 2.05) is 19.0 Å². The fourth-order valence-electron chi connectivity index (χ4n) is 4.52. The molecule has 2 aromatic rings. The van der Waals surface area contributed by atoms with Gasteiger partial charge in [0.05, 0.1) is 18.9 Å².